The molecule has 3 amide bonds. The number of rotatable bonds is 7. The van der Waals surface area contributed by atoms with E-state index in [1.54, 1.807) is 12.1 Å². The summed E-state index contributed by atoms with van der Waals surface area (Å²) in [6.45, 7) is 1.58. The molecule has 0 spiro atoms. The van der Waals surface area contributed by atoms with Crippen LogP contribution in [0.1, 0.15) is 43.1 Å². The Balaban J connectivity index is 0.00000261. The Kier molecular flexibility index (Phi) is 7.10. The molecule has 2 aromatic carbocycles. The Morgan fingerprint density at radius 2 is 1.67 bits per heavy atom. The maximum atomic E-state index is 12.7. The fraction of sp³-hybridized carbons (Fsp3) is 0.250. The summed E-state index contributed by atoms with van der Waals surface area (Å²) < 4.78 is 0. The Bertz CT molecular complexity index is 840. The first-order valence-corrected chi connectivity index (χ1v) is 8.59. The third kappa shape index (κ3) is 4.53. The second kappa shape index (κ2) is 9.30. The van der Waals surface area contributed by atoms with Crippen molar-refractivity contribution in [2.45, 2.75) is 13.0 Å². The molecule has 0 atom stereocenters. The zero-order valence-corrected chi connectivity index (χ0v) is 15.8. The van der Waals surface area contributed by atoms with Crippen LogP contribution < -0.4 is 10.6 Å². The SMILES string of the molecule is CNCCCNC(=O)c1ccc2c(c1)C(=O)N(Cc1ccccc1)C2=O.Cl. The van der Waals surface area contributed by atoms with E-state index in [9.17, 15) is 14.4 Å². The summed E-state index contributed by atoms with van der Waals surface area (Å²) in [6.07, 6.45) is 0.815. The number of benzene rings is 2. The molecule has 0 aliphatic carbocycles. The van der Waals surface area contributed by atoms with E-state index < -0.39 is 0 Å². The molecule has 1 heterocycles. The van der Waals surface area contributed by atoms with Gasteiger partial charge in [-0.2, -0.15) is 0 Å². The molecule has 1 aliphatic rings. The highest BCUT2D eigenvalue weighted by molar-refractivity contribution is 6.22. The number of fused-ring (bicyclic) bond motifs is 1. The van der Waals surface area contributed by atoms with E-state index in [2.05, 4.69) is 10.6 Å². The minimum Gasteiger partial charge on any atom is -0.352 e. The van der Waals surface area contributed by atoms with Crippen molar-refractivity contribution >= 4 is 30.1 Å². The summed E-state index contributed by atoms with van der Waals surface area (Å²) in [7, 11) is 1.85. The molecule has 3 rings (SSSR count). The van der Waals surface area contributed by atoms with Gasteiger partial charge in [-0.25, -0.2) is 0 Å². The molecule has 142 valence electrons. The van der Waals surface area contributed by atoms with Gasteiger partial charge in [-0.3, -0.25) is 19.3 Å². The molecule has 0 aromatic heterocycles. The number of hydrogen-bond donors (Lipinski definition) is 2. The number of halogens is 1. The van der Waals surface area contributed by atoms with Gasteiger partial charge in [0.15, 0.2) is 0 Å². The summed E-state index contributed by atoms with van der Waals surface area (Å²) in [5, 5.41) is 5.82. The number of amides is 3. The van der Waals surface area contributed by atoms with E-state index >= 15 is 0 Å². The van der Waals surface area contributed by atoms with Gasteiger partial charge in [-0.05, 0) is 43.8 Å². The fourth-order valence-corrected chi connectivity index (χ4v) is 2.91. The molecule has 27 heavy (non-hydrogen) atoms. The van der Waals surface area contributed by atoms with Crippen molar-refractivity contribution < 1.29 is 14.4 Å². The zero-order chi connectivity index (χ0) is 18.5. The van der Waals surface area contributed by atoms with Crippen LogP contribution in [0, 0.1) is 0 Å². The molecular weight excluding hydrogens is 366 g/mol. The van der Waals surface area contributed by atoms with Gasteiger partial charge in [-0.1, -0.05) is 30.3 Å². The highest BCUT2D eigenvalue weighted by Gasteiger charge is 2.35. The first-order valence-electron chi connectivity index (χ1n) is 8.59. The van der Waals surface area contributed by atoms with E-state index in [0.717, 1.165) is 18.5 Å². The van der Waals surface area contributed by atoms with Gasteiger partial charge >= 0.3 is 0 Å². The van der Waals surface area contributed by atoms with Crippen LogP contribution in [0.4, 0.5) is 0 Å². The number of nitrogens with zero attached hydrogens (tertiary/aromatic N) is 1. The molecule has 0 unspecified atom stereocenters. The van der Waals surface area contributed by atoms with Crippen molar-refractivity contribution in [3.05, 3.63) is 70.8 Å². The van der Waals surface area contributed by atoms with Crippen molar-refractivity contribution in [2.24, 2.45) is 0 Å². The van der Waals surface area contributed by atoms with E-state index in [4.69, 9.17) is 0 Å². The second-order valence-corrected chi connectivity index (χ2v) is 6.16. The third-order valence-electron chi connectivity index (χ3n) is 4.31. The predicted octanol–water partition coefficient (Wildman–Crippen LogP) is 2.24. The minimum absolute atomic E-state index is 0. The summed E-state index contributed by atoms with van der Waals surface area (Å²) in [5.74, 6) is -0.931. The average molecular weight is 388 g/mol. The molecule has 0 radical (unpaired) electrons. The summed E-state index contributed by atoms with van der Waals surface area (Å²) in [5.41, 5.74) is 1.90. The van der Waals surface area contributed by atoms with Gasteiger partial charge in [0.2, 0.25) is 0 Å². The summed E-state index contributed by atoms with van der Waals surface area (Å²) >= 11 is 0. The lowest BCUT2D eigenvalue weighted by molar-refractivity contribution is 0.0642. The first-order chi connectivity index (χ1) is 12.6. The van der Waals surface area contributed by atoms with Gasteiger partial charge in [-0.15, -0.1) is 12.4 Å². The molecular formula is C20H22ClN3O3. The Labute approximate surface area is 164 Å². The van der Waals surface area contributed by atoms with Crippen LogP contribution in [0.3, 0.4) is 0 Å². The van der Waals surface area contributed by atoms with E-state index in [1.807, 2.05) is 37.4 Å². The van der Waals surface area contributed by atoms with Gasteiger partial charge in [0, 0.05) is 12.1 Å². The normalized spacial score (nSPS) is 12.6. The smallest absolute Gasteiger partial charge is 0.261 e. The molecule has 6 nitrogen and oxygen atoms in total. The standard InChI is InChI=1S/C20H21N3O3.ClH/c1-21-10-5-11-22-18(24)15-8-9-16-17(12-15)20(26)23(19(16)25)13-14-6-3-2-4-7-14;/h2-4,6-9,12,21H,5,10-11,13H2,1H3,(H,22,24);1H. The van der Waals surface area contributed by atoms with Crippen molar-refractivity contribution in [2.75, 3.05) is 20.1 Å². The number of carbonyl (C=O) groups is 3. The summed E-state index contributed by atoms with van der Waals surface area (Å²) in [4.78, 5) is 38.6. The van der Waals surface area contributed by atoms with Gasteiger partial charge < -0.3 is 10.6 Å². The number of hydrogen-bond acceptors (Lipinski definition) is 4. The van der Waals surface area contributed by atoms with Gasteiger partial charge in [0.25, 0.3) is 17.7 Å². The molecule has 1 aliphatic heterocycles. The van der Waals surface area contributed by atoms with Gasteiger partial charge in [0.05, 0.1) is 17.7 Å². The molecule has 2 aromatic rings. The molecule has 7 heteroatoms. The highest BCUT2D eigenvalue weighted by Crippen LogP contribution is 2.25. The largest absolute Gasteiger partial charge is 0.352 e. The Morgan fingerprint density at radius 1 is 0.963 bits per heavy atom. The van der Waals surface area contributed by atoms with E-state index in [-0.39, 0.29) is 42.2 Å². The fourth-order valence-electron chi connectivity index (χ4n) is 2.91. The maximum absolute atomic E-state index is 12.7. The molecule has 0 saturated heterocycles. The lowest BCUT2D eigenvalue weighted by atomic mass is 10.1. The topological polar surface area (TPSA) is 78.5 Å². The maximum Gasteiger partial charge on any atom is 0.261 e. The molecule has 0 bridgehead atoms. The third-order valence-corrected chi connectivity index (χ3v) is 4.31. The minimum atomic E-state index is -0.362. The van der Waals surface area contributed by atoms with Crippen molar-refractivity contribution in [1.29, 1.82) is 0 Å². The van der Waals surface area contributed by atoms with Crippen LogP contribution in [0.15, 0.2) is 48.5 Å². The van der Waals surface area contributed by atoms with Crippen LogP contribution in [-0.4, -0.2) is 42.8 Å². The van der Waals surface area contributed by atoms with Crippen LogP contribution in [0.5, 0.6) is 0 Å². The average Bonchev–Trinajstić information content (AvgIpc) is 2.90. The van der Waals surface area contributed by atoms with Crippen LogP contribution in [0.2, 0.25) is 0 Å². The molecule has 2 N–H and O–H groups in total. The first kappa shape index (κ1) is 20.6. The van der Waals surface area contributed by atoms with Crippen LogP contribution >= 0.6 is 12.4 Å². The number of imide groups is 1. The van der Waals surface area contributed by atoms with Crippen molar-refractivity contribution in [1.82, 2.24) is 15.5 Å². The Hall–Kier alpha value is -2.70. The number of carbonyl (C=O) groups excluding carboxylic acids is 3. The van der Waals surface area contributed by atoms with Gasteiger partial charge in [0.1, 0.15) is 0 Å². The lowest BCUT2D eigenvalue weighted by Gasteiger charge is -2.13. The summed E-state index contributed by atoms with van der Waals surface area (Å²) in [6, 6.07) is 14.0. The zero-order valence-electron chi connectivity index (χ0n) is 15.0. The second-order valence-electron chi connectivity index (χ2n) is 6.16. The van der Waals surface area contributed by atoms with Crippen molar-refractivity contribution in [3.8, 4) is 0 Å². The quantitative estimate of drug-likeness (QED) is 0.564. The monoisotopic (exact) mass is 387 g/mol. The molecule has 0 fully saturated rings. The number of nitrogens with one attached hydrogen (secondary N) is 2. The Morgan fingerprint density at radius 3 is 2.37 bits per heavy atom. The van der Waals surface area contributed by atoms with Crippen LogP contribution in [0.25, 0.3) is 0 Å². The lowest BCUT2D eigenvalue weighted by Crippen LogP contribution is -2.29. The highest BCUT2D eigenvalue weighted by atomic mass is 35.5. The van der Waals surface area contributed by atoms with E-state index in [0.29, 0.717) is 17.7 Å². The predicted molar refractivity (Wildman–Crippen MR) is 105 cm³/mol. The van der Waals surface area contributed by atoms with Crippen LogP contribution in [-0.2, 0) is 6.54 Å². The van der Waals surface area contributed by atoms with E-state index in [1.165, 1.54) is 11.0 Å². The van der Waals surface area contributed by atoms with Crippen molar-refractivity contribution in [3.63, 3.8) is 0 Å². The molecule has 0 saturated carbocycles.